The van der Waals surface area contributed by atoms with Crippen LogP contribution >= 0.6 is 0 Å². The van der Waals surface area contributed by atoms with E-state index in [1.807, 2.05) is 0 Å². The molecule has 0 saturated carbocycles. The van der Waals surface area contributed by atoms with Gasteiger partial charge in [-0.1, -0.05) is 190 Å². The molecule has 1 nitrogen and oxygen atoms in total. The molecule has 0 unspecified atom stereocenters. The molecule has 0 amide bonds. The minimum Gasteiger partial charge on any atom is -0.340 e. The zero-order valence-electron chi connectivity index (χ0n) is 33.7. The first kappa shape index (κ1) is 38.4. The number of unbranched alkanes of at least 4 members (excludes halogenated alkanes) is 15. The summed E-state index contributed by atoms with van der Waals surface area (Å²) in [7, 11) is 0. The minimum atomic E-state index is 0.108. The van der Waals surface area contributed by atoms with Gasteiger partial charge in [-0.2, -0.15) is 0 Å². The predicted octanol–water partition coefficient (Wildman–Crippen LogP) is 16.2. The molecule has 0 bridgehead atoms. The summed E-state index contributed by atoms with van der Waals surface area (Å²) in [4.78, 5) is 0. The highest BCUT2D eigenvalue weighted by molar-refractivity contribution is 6.09. The second-order valence-corrected chi connectivity index (χ2v) is 16.6. The molecule has 0 spiro atoms. The predicted molar refractivity (Wildman–Crippen MR) is 230 cm³/mol. The lowest BCUT2D eigenvalue weighted by Crippen LogP contribution is -2.25. The first-order valence-electron chi connectivity index (χ1n) is 21.8. The lowest BCUT2D eigenvalue weighted by atomic mass is 9.70. The van der Waals surface area contributed by atoms with E-state index in [9.17, 15) is 0 Å². The number of benzene rings is 4. The highest BCUT2D eigenvalue weighted by Gasteiger charge is 2.42. The minimum absolute atomic E-state index is 0.108. The molecule has 1 aliphatic carbocycles. The third-order valence-corrected chi connectivity index (χ3v) is 12.5. The largest absolute Gasteiger partial charge is 0.340 e. The van der Waals surface area contributed by atoms with Gasteiger partial charge >= 0.3 is 0 Å². The van der Waals surface area contributed by atoms with Gasteiger partial charge in [-0.3, -0.25) is 0 Å². The van der Waals surface area contributed by atoms with Gasteiger partial charge in [-0.15, -0.1) is 0 Å². The van der Waals surface area contributed by atoms with Crippen LogP contribution in [0.4, 0.5) is 0 Å². The molecular weight excluding hydrogens is 627 g/mol. The van der Waals surface area contributed by atoms with Crippen LogP contribution in [-0.4, -0.2) is 4.57 Å². The molecule has 0 N–H and O–H groups in total. The molecule has 278 valence electrons. The van der Waals surface area contributed by atoms with Gasteiger partial charge in [0.25, 0.3) is 0 Å². The zero-order valence-corrected chi connectivity index (χ0v) is 33.7. The maximum Gasteiger partial charge on any atom is 0.0497 e. The van der Waals surface area contributed by atoms with E-state index in [-0.39, 0.29) is 5.41 Å². The number of hydrogen-bond acceptors (Lipinski definition) is 0. The molecule has 0 radical (unpaired) electrons. The molecule has 52 heavy (non-hydrogen) atoms. The Hall–Kier alpha value is -3.32. The summed E-state index contributed by atoms with van der Waals surface area (Å²) >= 11 is 0. The fourth-order valence-corrected chi connectivity index (χ4v) is 9.54. The molecule has 0 aliphatic heterocycles. The number of hydrogen-bond donors (Lipinski definition) is 0. The van der Waals surface area contributed by atoms with Gasteiger partial charge in [0.2, 0.25) is 0 Å². The van der Waals surface area contributed by atoms with E-state index < -0.39 is 0 Å². The van der Waals surface area contributed by atoms with Crippen LogP contribution in [0.3, 0.4) is 0 Å². The monoisotopic (exact) mass is 696 g/mol. The van der Waals surface area contributed by atoms with Crippen molar-refractivity contribution in [1.82, 2.24) is 4.57 Å². The first-order chi connectivity index (χ1) is 25.5. The van der Waals surface area contributed by atoms with Gasteiger partial charge in [0, 0.05) is 33.8 Å². The van der Waals surface area contributed by atoms with Crippen molar-refractivity contribution in [1.29, 1.82) is 0 Å². The summed E-state index contributed by atoms with van der Waals surface area (Å²) in [5.74, 6) is 0. The first-order valence-corrected chi connectivity index (χ1v) is 21.8. The van der Waals surface area contributed by atoms with Crippen molar-refractivity contribution in [2.75, 3.05) is 0 Å². The normalized spacial score (nSPS) is 13.3. The van der Waals surface area contributed by atoms with Crippen molar-refractivity contribution in [2.24, 2.45) is 0 Å². The maximum absolute atomic E-state index is 2.65. The quantitative estimate of drug-likeness (QED) is 0.0635. The van der Waals surface area contributed by atoms with Crippen LogP contribution in [0.2, 0.25) is 0 Å². The van der Waals surface area contributed by atoms with Crippen molar-refractivity contribution >= 4 is 21.8 Å². The zero-order chi connectivity index (χ0) is 36.3. The number of fused-ring (bicyclic) bond motifs is 6. The summed E-state index contributed by atoms with van der Waals surface area (Å²) in [5, 5.41) is 2.80. The number of aromatic nitrogens is 1. The van der Waals surface area contributed by atoms with E-state index in [1.54, 1.807) is 11.1 Å². The second-order valence-electron chi connectivity index (χ2n) is 16.6. The van der Waals surface area contributed by atoms with Crippen LogP contribution in [0.1, 0.15) is 171 Å². The van der Waals surface area contributed by atoms with Gasteiger partial charge in [0.15, 0.2) is 0 Å². The molecule has 1 heteroatoms. The van der Waals surface area contributed by atoms with Crippen LogP contribution in [0.15, 0.2) is 72.8 Å². The highest BCUT2D eigenvalue weighted by atomic mass is 15.0. The summed E-state index contributed by atoms with van der Waals surface area (Å²) in [5.41, 5.74) is 14.6. The Balaban J connectivity index is 1.38. The number of rotatable bonds is 22. The smallest absolute Gasteiger partial charge is 0.0497 e. The summed E-state index contributed by atoms with van der Waals surface area (Å²) in [6.45, 7) is 12.6. The van der Waals surface area contributed by atoms with E-state index in [4.69, 9.17) is 0 Å². The SMILES string of the molecule is CCCCCCCCn1c2cc(C)ccc2c2ccc(-c3ccc4c(c3)C(CCCCCCCC)(CCCCCCCC)c3cc(C)ccc3-4)cc21. The van der Waals surface area contributed by atoms with Crippen molar-refractivity contribution in [3.05, 3.63) is 95.1 Å². The Morgan fingerprint density at radius 1 is 0.423 bits per heavy atom. The Bertz CT molecular complexity index is 1870. The van der Waals surface area contributed by atoms with Crippen LogP contribution in [0, 0.1) is 13.8 Å². The average Bonchev–Trinajstić information content (AvgIpc) is 3.60. The Labute approximate surface area is 317 Å². The summed E-state index contributed by atoms with van der Waals surface area (Å²) in [6, 6.07) is 29.3. The molecule has 0 atom stereocenters. The maximum atomic E-state index is 2.65. The van der Waals surface area contributed by atoms with Gasteiger partial charge in [0.05, 0.1) is 0 Å². The van der Waals surface area contributed by atoms with Crippen LogP contribution < -0.4 is 0 Å². The van der Waals surface area contributed by atoms with Crippen molar-refractivity contribution in [2.45, 2.75) is 175 Å². The van der Waals surface area contributed by atoms with Crippen LogP contribution in [0.25, 0.3) is 44.1 Å². The average molecular weight is 696 g/mol. The molecule has 1 aromatic heterocycles. The third kappa shape index (κ3) is 8.56. The molecule has 0 saturated heterocycles. The fourth-order valence-electron chi connectivity index (χ4n) is 9.54. The number of nitrogens with zero attached hydrogens (tertiary/aromatic N) is 1. The summed E-state index contributed by atoms with van der Waals surface area (Å²) in [6.07, 6.45) is 26.7. The molecule has 0 fully saturated rings. The Kier molecular flexibility index (Phi) is 13.8. The van der Waals surface area contributed by atoms with Crippen molar-refractivity contribution in [3.8, 4) is 22.3 Å². The van der Waals surface area contributed by atoms with E-state index in [1.165, 1.54) is 184 Å². The molecule has 6 rings (SSSR count). The Morgan fingerprint density at radius 3 is 1.50 bits per heavy atom. The van der Waals surface area contributed by atoms with E-state index in [0.29, 0.717) is 0 Å². The molecule has 1 heterocycles. The van der Waals surface area contributed by atoms with E-state index in [0.717, 1.165) is 6.54 Å². The lowest BCUT2D eigenvalue weighted by molar-refractivity contribution is 0.398. The van der Waals surface area contributed by atoms with Gasteiger partial charge in [0.1, 0.15) is 0 Å². The second kappa shape index (κ2) is 18.6. The molecule has 1 aliphatic rings. The van der Waals surface area contributed by atoms with E-state index in [2.05, 4.69) is 112 Å². The lowest BCUT2D eigenvalue weighted by Gasteiger charge is -2.33. The van der Waals surface area contributed by atoms with Gasteiger partial charge in [-0.25, -0.2) is 0 Å². The molecular formula is C51H69N. The van der Waals surface area contributed by atoms with Gasteiger partial charge in [-0.05, 0) is 90.3 Å². The number of aryl methyl sites for hydroxylation is 3. The van der Waals surface area contributed by atoms with Crippen molar-refractivity contribution < 1.29 is 0 Å². The molecule has 5 aromatic rings. The Morgan fingerprint density at radius 2 is 0.865 bits per heavy atom. The topological polar surface area (TPSA) is 4.93 Å². The van der Waals surface area contributed by atoms with Gasteiger partial charge < -0.3 is 4.57 Å². The van der Waals surface area contributed by atoms with Crippen molar-refractivity contribution in [3.63, 3.8) is 0 Å². The highest BCUT2D eigenvalue weighted by Crippen LogP contribution is 2.55. The summed E-state index contributed by atoms with van der Waals surface area (Å²) < 4.78 is 2.65. The molecule has 4 aromatic carbocycles. The third-order valence-electron chi connectivity index (χ3n) is 12.5. The van der Waals surface area contributed by atoms with E-state index >= 15 is 0 Å². The standard InChI is InChI=1S/C51H69N/c1-6-9-12-15-18-21-32-51(33-22-19-16-13-10-7-2)47-35-39(4)24-28-43(47)44-30-26-41(37-48(44)51)42-27-31-46-45-29-25-40(5)36-49(45)52(50(46)38-42)34-23-20-17-14-11-8-3/h24-31,35-38H,6-23,32-34H2,1-5H3. The van der Waals surface area contributed by atoms with Crippen LogP contribution in [-0.2, 0) is 12.0 Å². The van der Waals surface area contributed by atoms with Crippen LogP contribution in [0.5, 0.6) is 0 Å². The fraction of sp³-hybridized carbons (Fsp3) is 0.529.